The van der Waals surface area contributed by atoms with Crippen LogP contribution in [0.1, 0.15) is 43.4 Å². The molecule has 0 saturated carbocycles. The number of benzene rings is 1. The molecule has 3 rings (SSSR count). The Kier molecular flexibility index (Phi) is 8.13. The number of amides is 3. The summed E-state index contributed by atoms with van der Waals surface area (Å²) in [6.07, 6.45) is 5.11. The van der Waals surface area contributed by atoms with Crippen LogP contribution in [0.25, 0.3) is 10.9 Å². The van der Waals surface area contributed by atoms with Gasteiger partial charge in [0.25, 0.3) is 0 Å². The first-order valence-corrected chi connectivity index (χ1v) is 11.1. The second-order valence-corrected chi connectivity index (χ2v) is 8.35. The Hall–Kier alpha value is -2.54. The van der Waals surface area contributed by atoms with E-state index < -0.39 is 0 Å². The van der Waals surface area contributed by atoms with E-state index in [1.54, 1.807) is 0 Å². The van der Waals surface area contributed by atoms with Gasteiger partial charge in [0.2, 0.25) is 5.91 Å². The van der Waals surface area contributed by atoms with Gasteiger partial charge in [0.1, 0.15) is 0 Å². The summed E-state index contributed by atoms with van der Waals surface area (Å²) < 4.78 is 0. The number of para-hydroxylation sites is 1. The Morgan fingerprint density at radius 2 is 1.87 bits per heavy atom. The smallest absolute Gasteiger partial charge is 0.317 e. The molecule has 1 aromatic carbocycles. The lowest BCUT2D eigenvalue weighted by atomic mass is 10.0. The van der Waals surface area contributed by atoms with E-state index in [9.17, 15) is 9.59 Å². The SMILES string of the molecule is CN(C)CCCNC(=O)CCCCCNC(=O)N1CCc2c([nH]c3ccccc23)C1. The molecule has 2 aromatic rings. The fourth-order valence-corrected chi connectivity index (χ4v) is 3.97. The van der Waals surface area contributed by atoms with Crippen LogP contribution in [-0.2, 0) is 17.8 Å². The number of aromatic nitrogens is 1. The minimum absolute atomic E-state index is 0.00191. The maximum Gasteiger partial charge on any atom is 0.317 e. The maximum absolute atomic E-state index is 12.5. The van der Waals surface area contributed by atoms with Crippen molar-refractivity contribution in [2.75, 3.05) is 40.3 Å². The number of nitrogens with one attached hydrogen (secondary N) is 3. The van der Waals surface area contributed by atoms with Crippen molar-refractivity contribution in [1.29, 1.82) is 0 Å². The number of H-pyrrole nitrogens is 1. The number of hydrogen-bond donors (Lipinski definition) is 3. The zero-order chi connectivity index (χ0) is 21.3. The predicted molar refractivity (Wildman–Crippen MR) is 120 cm³/mol. The molecule has 0 fully saturated rings. The van der Waals surface area contributed by atoms with E-state index in [1.165, 1.54) is 10.9 Å². The van der Waals surface area contributed by atoms with Crippen molar-refractivity contribution >= 4 is 22.8 Å². The second kappa shape index (κ2) is 11.0. The third kappa shape index (κ3) is 6.23. The van der Waals surface area contributed by atoms with Gasteiger partial charge < -0.3 is 25.4 Å². The summed E-state index contributed by atoms with van der Waals surface area (Å²) in [5, 5.41) is 7.26. The summed E-state index contributed by atoms with van der Waals surface area (Å²) in [7, 11) is 4.07. The molecular formula is C23H35N5O2. The van der Waals surface area contributed by atoms with Gasteiger partial charge in [-0.15, -0.1) is 0 Å². The second-order valence-electron chi connectivity index (χ2n) is 8.35. The molecule has 0 bridgehead atoms. The van der Waals surface area contributed by atoms with E-state index in [4.69, 9.17) is 0 Å². The van der Waals surface area contributed by atoms with Gasteiger partial charge in [-0.3, -0.25) is 4.79 Å². The molecular weight excluding hydrogens is 378 g/mol. The van der Waals surface area contributed by atoms with Crippen LogP contribution in [0.2, 0.25) is 0 Å². The molecule has 164 valence electrons. The van der Waals surface area contributed by atoms with Crippen LogP contribution in [0.5, 0.6) is 0 Å². The Labute approximate surface area is 179 Å². The quantitative estimate of drug-likeness (QED) is 0.524. The summed E-state index contributed by atoms with van der Waals surface area (Å²) in [6, 6.07) is 8.32. The highest BCUT2D eigenvalue weighted by atomic mass is 16.2. The third-order valence-electron chi connectivity index (χ3n) is 5.63. The molecule has 3 amide bonds. The molecule has 1 aliphatic rings. The zero-order valence-electron chi connectivity index (χ0n) is 18.3. The van der Waals surface area contributed by atoms with Gasteiger partial charge in [0.15, 0.2) is 0 Å². The molecule has 1 aliphatic heterocycles. The first-order chi connectivity index (χ1) is 14.5. The highest BCUT2D eigenvalue weighted by Crippen LogP contribution is 2.27. The summed E-state index contributed by atoms with van der Waals surface area (Å²) >= 11 is 0. The molecule has 3 N–H and O–H groups in total. The number of rotatable bonds is 10. The van der Waals surface area contributed by atoms with Crippen molar-refractivity contribution in [3.05, 3.63) is 35.5 Å². The topological polar surface area (TPSA) is 80.5 Å². The van der Waals surface area contributed by atoms with Gasteiger partial charge in [-0.05, 0) is 58.0 Å². The average Bonchev–Trinajstić information content (AvgIpc) is 3.11. The lowest BCUT2D eigenvalue weighted by molar-refractivity contribution is -0.121. The van der Waals surface area contributed by atoms with Gasteiger partial charge >= 0.3 is 6.03 Å². The number of unbranched alkanes of at least 4 members (excludes halogenated alkanes) is 2. The molecule has 1 aromatic heterocycles. The molecule has 7 nitrogen and oxygen atoms in total. The molecule has 7 heteroatoms. The van der Waals surface area contributed by atoms with Crippen molar-refractivity contribution in [1.82, 2.24) is 25.4 Å². The van der Waals surface area contributed by atoms with Gasteiger partial charge in [0.05, 0.1) is 6.54 Å². The monoisotopic (exact) mass is 413 g/mol. The molecule has 0 spiro atoms. The molecule has 0 unspecified atom stereocenters. The van der Waals surface area contributed by atoms with E-state index in [1.807, 2.05) is 25.1 Å². The minimum atomic E-state index is -0.00191. The molecule has 30 heavy (non-hydrogen) atoms. The number of nitrogens with zero attached hydrogens (tertiary/aromatic N) is 2. The number of urea groups is 1. The Bertz CT molecular complexity index is 845. The largest absolute Gasteiger partial charge is 0.357 e. The van der Waals surface area contributed by atoms with Crippen molar-refractivity contribution < 1.29 is 9.59 Å². The lowest BCUT2D eigenvalue weighted by Crippen LogP contribution is -2.43. The minimum Gasteiger partial charge on any atom is -0.357 e. The van der Waals surface area contributed by atoms with Crippen LogP contribution in [0.15, 0.2) is 24.3 Å². The van der Waals surface area contributed by atoms with Crippen LogP contribution >= 0.6 is 0 Å². The number of hydrogen-bond acceptors (Lipinski definition) is 3. The van der Waals surface area contributed by atoms with E-state index >= 15 is 0 Å². The van der Waals surface area contributed by atoms with Gasteiger partial charge in [-0.25, -0.2) is 4.79 Å². The fourth-order valence-electron chi connectivity index (χ4n) is 3.97. The fraction of sp³-hybridized carbons (Fsp3) is 0.565. The van der Waals surface area contributed by atoms with Crippen LogP contribution in [0.4, 0.5) is 4.79 Å². The van der Waals surface area contributed by atoms with E-state index in [-0.39, 0.29) is 11.9 Å². The standard InChI is InChI=1S/C23H35N5O2/c1-27(2)15-8-14-24-22(29)11-4-3-7-13-25-23(30)28-16-12-19-18-9-5-6-10-20(18)26-21(19)17-28/h5-6,9-10,26H,3-4,7-8,11-17H2,1-2H3,(H,24,29)(H,25,30). The van der Waals surface area contributed by atoms with Crippen molar-refractivity contribution in [2.24, 2.45) is 0 Å². The summed E-state index contributed by atoms with van der Waals surface area (Å²) in [5.41, 5.74) is 3.63. The highest BCUT2D eigenvalue weighted by molar-refractivity contribution is 5.85. The molecule has 2 heterocycles. The third-order valence-corrected chi connectivity index (χ3v) is 5.63. The lowest BCUT2D eigenvalue weighted by Gasteiger charge is -2.27. The number of carbonyl (C=O) groups is 2. The number of aromatic amines is 1. The predicted octanol–water partition coefficient (Wildman–Crippen LogP) is 2.86. The Balaban J connectivity index is 1.28. The van der Waals surface area contributed by atoms with Crippen LogP contribution in [0, 0.1) is 0 Å². The first kappa shape index (κ1) is 22.2. The van der Waals surface area contributed by atoms with Crippen LogP contribution in [0.3, 0.4) is 0 Å². The molecule has 0 aliphatic carbocycles. The molecule has 0 radical (unpaired) electrons. The van der Waals surface area contributed by atoms with Gasteiger partial charge in [-0.1, -0.05) is 24.6 Å². The highest BCUT2D eigenvalue weighted by Gasteiger charge is 2.23. The Morgan fingerprint density at radius 3 is 2.70 bits per heavy atom. The molecule has 0 atom stereocenters. The average molecular weight is 414 g/mol. The van der Waals surface area contributed by atoms with Gasteiger partial charge in [0, 0.05) is 42.7 Å². The molecule has 0 saturated heterocycles. The van der Waals surface area contributed by atoms with E-state index in [0.29, 0.717) is 19.5 Å². The number of carbonyl (C=O) groups excluding carboxylic acids is 2. The number of fused-ring (bicyclic) bond motifs is 3. The van der Waals surface area contributed by atoms with Crippen LogP contribution < -0.4 is 10.6 Å². The van der Waals surface area contributed by atoms with Crippen LogP contribution in [-0.4, -0.2) is 67.0 Å². The normalized spacial score (nSPS) is 13.5. The Morgan fingerprint density at radius 1 is 1.07 bits per heavy atom. The van der Waals surface area contributed by atoms with Crippen molar-refractivity contribution in [2.45, 2.75) is 45.1 Å². The maximum atomic E-state index is 12.5. The van der Waals surface area contributed by atoms with Gasteiger partial charge in [-0.2, -0.15) is 0 Å². The van der Waals surface area contributed by atoms with Crippen molar-refractivity contribution in [3.8, 4) is 0 Å². The summed E-state index contributed by atoms with van der Waals surface area (Å²) in [6.45, 7) is 3.75. The summed E-state index contributed by atoms with van der Waals surface area (Å²) in [4.78, 5) is 31.7. The zero-order valence-corrected chi connectivity index (χ0v) is 18.3. The van der Waals surface area contributed by atoms with E-state index in [0.717, 1.165) is 62.9 Å². The summed E-state index contributed by atoms with van der Waals surface area (Å²) in [5.74, 6) is 0.125. The first-order valence-electron chi connectivity index (χ1n) is 11.1. The van der Waals surface area contributed by atoms with E-state index in [2.05, 4.69) is 38.7 Å². The van der Waals surface area contributed by atoms with Crippen molar-refractivity contribution in [3.63, 3.8) is 0 Å².